The summed E-state index contributed by atoms with van der Waals surface area (Å²) in [5, 5.41) is 0.536. The predicted molar refractivity (Wildman–Crippen MR) is 139 cm³/mol. The Morgan fingerprint density at radius 3 is 2.69 bits per heavy atom. The summed E-state index contributed by atoms with van der Waals surface area (Å²) in [6.07, 6.45) is -0.277. The molecule has 0 unspecified atom stereocenters. The summed E-state index contributed by atoms with van der Waals surface area (Å²) in [6.45, 7) is 4.89. The van der Waals surface area contributed by atoms with Gasteiger partial charge in [0.05, 0.1) is 22.7 Å². The molecule has 9 heteroatoms. The van der Waals surface area contributed by atoms with Crippen LogP contribution in [0.3, 0.4) is 0 Å². The zero-order valence-electron chi connectivity index (χ0n) is 19.5. The van der Waals surface area contributed by atoms with E-state index in [2.05, 4.69) is 22.5 Å². The number of aryl methyl sites for hydroxylation is 1. The molecule has 3 heterocycles. The Morgan fingerprint density at radius 2 is 1.94 bits per heavy atom. The second-order valence-electron chi connectivity index (χ2n) is 8.81. The van der Waals surface area contributed by atoms with Crippen molar-refractivity contribution in [3.05, 3.63) is 81.1 Å². The van der Waals surface area contributed by atoms with Gasteiger partial charge >= 0.3 is 0 Å². The molecule has 2 atom stereocenters. The minimum Gasteiger partial charge on any atom is -0.367 e. The fourth-order valence-electron chi connectivity index (χ4n) is 4.47. The number of hydrogen-bond donors (Lipinski definition) is 1. The van der Waals surface area contributed by atoms with Crippen molar-refractivity contribution >= 4 is 41.0 Å². The third kappa shape index (κ3) is 4.53. The maximum atomic E-state index is 15.0. The molecule has 0 radical (unpaired) electrons. The fourth-order valence-corrected chi connectivity index (χ4v) is 4.86. The number of nitrogens with zero attached hydrogens (tertiary/aromatic N) is 4. The molecule has 0 spiro atoms. The monoisotopic (exact) mass is 510 g/mol. The highest BCUT2D eigenvalue weighted by Gasteiger charge is 2.29. The molecule has 1 aliphatic rings. The smallest absolute Gasteiger partial charge is 0.263 e. The molecule has 180 valence electrons. The summed E-state index contributed by atoms with van der Waals surface area (Å²) in [5.41, 5.74) is 1.64. The Balaban J connectivity index is 1.68. The second-order valence-corrected chi connectivity index (χ2v) is 9.76. The van der Waals surface area contributed by atoms with E-state index < -0.39 is 5.82 Å². The molecule has 0 aliphatic carbocycles. The number of ether oxygens (including phenoxy) is 1. The summed E-state index contributed by atoms with van der Waals surface area (Å²) >= 11 is 10.4. The number of morpholine rings is 1. The lowest BCUT2D eigenvalue weighted by Gasteiger charge is -2.38. The van der Waals surface area contributed by atoms with Crippen molar-refractivity contribution < 1.29 is 9.13 Å². The van der Waals surface area contributed by atoms with Crippen LogP contribution in [0.4, 0.5) is 10.2 Å². The van der Waals surface area contributed by atoms with E-state index in [1.54, 1.807) is 32.2 Å². The molecule has 2 aromatic heterocycles. The van der Waals surface area contributed by atoms with E-state index in [1.807, 2.05) is 31.2 Å². The van der Waals surface area contributed by atoms with Crippen molar-refractivity contribution in [1.29, 1.82) is 0 Å². The van der Waals surface area contributed by atoms with Gasteiger partial charge < -0.3 is 9.64 Å². The van der Waals surface area contributed by atoms with Crippen LogP contribution < -0.4 is 10.5 Å². The van der Waals surface area contributed by atoms with Crippen LogP contribution in [0.2, 0.25) is 5.02 Å². The van der Waals surface area contributed by atoms with Crippen LogP contribution in [0, 0.1) is 12.7 Å². The third-order valence-electron chi connectivity index (χ3n) is 6.28. The van der Waals surface area contributed by atoms with E-state index in [1.165, 1.54) is 10.6 Å². The summed E-state index contributed by atoms with van der Waals surface area (Å²) in [6, 6.07) is 14.0. The van der Waals surface area contributed by atoms with E-state index in [4.69, 9.17) is 21.3 Å². The molecule has 1 fully saturated rings. The Hall–Kier alpha value is -2.94. The third-order valence-corrected chi connectivity index (χ3v) is 6.80. The lowest BCUT2D eigenvalue weighted by atomic mass is 10.0. The Kier molecular flexibility index (Phi) is 6.29. The van der Waals surface area contributed by atoms with Crippen molar-refractivity contribution in [2.75, 3.05) is 18.0 Å². The summed E-state index contributed by atoms with van der Waals surface area (Å²) < 4.78 is 22.7. The standard InChI is InChI=1S/C26H24ClFN4O2S/c1-14-12-32(13-22(34-14)16-5-4-6-18(35)9-16)23-11-21-24(26(33)31(3)15(2)29-21)25(30-23)19-8-7-17(27)10-20(19)28/h4-11,14,22,35H,12-13H2,1-3H3/t14-,22-/m0/s1. The first kappa shape index (κ1) is 23.8. The Morgan fingerprint density at radius 1 is 1.14 bits per heavy atom. The largest absolute Gasteiger partial charge is 0.367 e. The number of aromatic nitrogens is 3. The molecule has 0 saturated carbocycles. The van der Waals surface area contributed by atoms with Crippen LogP contribution in [0.15, 0.2) is 58.2 Å². The van der Waals surface area contributed by atoms with Gasteiger partial charge in [-0.3, -0.25) is 9.36 Å². The minimum absolute atomic E-state index is 0.0797. The lowest BCUT2D eigenvalue weighted by Crippen LogP contribution is -2.43. The Bertz CT molecular complexity index is 1510. The molecule has 1 saturated heterocycles. The molecule has 35 heavy (non-hydrogen) atoms. The minimum atomic E-state index is -0.551. The maximum Gasteiger partial charge on any atom is 0.263 e. The van der Waals surface area contributed by atoms with Crippen molar-refractivity contribution in [2.24, 2.45) is 7.05 Å². The van der Waals surface area contributed by atoms with Gasteiger partial charge in [-0.15, -0.1) is 12.6 Å². The average Bonchev–Trinajstić information content (AvgIpc) is 2.81. The van der Waals surface area contributed by atoms with Crippen molar-refractivity contribution in [3.8, 4) is 11.3 Å². The van der Waals surface area contributed by atoms with Gasteiger partial charge in [0.2, 0.25) is 0 Å². The molecule has 4 aromatic rings. The zero-order valence-corrected chi connectivity index (χ0v) is 21.1. The van der Waals surface area contributed by atoms with Gasteiger partial charge in [0.15, 0.2) is 0 Å². The number of benzene rings is 2. The summed E-state index contributed by atoms with van der Waals surface area (Å²) in [5.74, 6) is 0.607. The maximum absolute atomic E-state index is 15.0. The van der Waals surface area contributed by atoms with Crippen molar-refractivity contribution in [3.63, 3.8) is 0 Å². The molecule has 2 aromatic carbocycles. The van der Waals surface area contributed by atoms with E-state index >= 15 is 4.39 Å². The van der Waals surface area contributed by atoms with E-state index in [0.717, 1.165) is 10.5 Å². The highest BCUT2D eigenvalue weighted by molar-refractivity contribution is 7.80. The second kappa shape index (κ2) is 9.26. The van der Waals surface area contributed by atoms with Crippen LogP contribution in [-0.2, 0) is 11.8 Å². The lowest BCUT2D eigenvalue weighted by molar-refractivity contribution is -0.0176. The van der Waals surface area contributed by atoms with Crippen molar-refractivity contribution in [2.45, 2.75) is 31.0 Å². The van der Waals surface area contributed by atoms with Gasteiger partial charge in [-0.2, -0.15) is 0 Å². The van der Waals surface area contributed by atoms with Crippen LogP contribution in [0.25, 0.3) is 22.2 Å². The van der Waals surface area contributed by atoms with Crippen LogP contribution in [-0.4, -0.2) is 33.7 Å². The van der Waals surface area contributed by atoms with Gasteiger partial charge in [-0.25, -0.2) is 14.4 Å². The molecule has 0 amide bonds. The first-order valence-electron chi connectivity index (χ1n) is 11.2. The van der Waals surface area contributed by atoms with Crippen LogP contribution in [0.1, 0.15) is 24.4 Å². The molecular weight excluding hydrogens is 487 g/mol. The van der Waals surface area contributed by atoms with E-state index in [9.17, 15) is 4.79 Å². The summed E-state index contributed by atoms with van der Waals surface area (Å²) in [7, 11) is 1.64. The molecule has 5 rings (SSSR count). The normalized spacial score (nSPS) is 18.3. The van der Waals surface area contributed by atoms with Gasteiger partial charge in [0.25, 0.3) is 5.56 Å². The van der Waals surface area contributed by atoms with E-state index in [0.29, 0.717) is 30.2 Å². The number of pyridine rings is 1. The van der Waals surface area contributed by atoms with Gasteiger partial charge in [0, 0.05) is 41.7 Å². The molecule has 1 aliphatic heterocycles. The molecular formula is C26H24ClFN4O2S. The number of rotatable bonds is 3. The average molecular weight is 511 g/mol. The number of halogens is 2. The number of thiol groups is 1. The highest BCUT2D eigenvalue weighted by Crippen LogP contribution is 2.34. The summed E-state index contributed by atoms with van der Waals surface area (Å²) in [4.78, 5) is 25.6. The van der Waals surface area contributed by atoms with Crippen LogP contribution >= 0.6 is 24.2 Å². The first-order valence-corrected chi connectivity index (χ1v) is 12.1. The first-order chi connectivity index (χ1) is 16.7. The molecule has 0 bridgehead atoms. The quantitative estimate of drug-likeness (QED) is 0.376. The SMILES string of the molecule is Cc1nc2cc(N3C[C@@H](c4cccc(S)c4)O[C@@H](C)C3)nc(-c3ccc(Cl)cc3F)c2c(=O)n1C. The zero-order chi connectivity index (χ0) is 24.9. The predicted octanol–water partition coefficient (Wildman–Crippen LogP) is 5.35. The number of anilines is 1. The Labute approximate surface area is 212 Å². The van der Waals surface area contributed by atoms with Gasteiger partial charge in [-0.05, 0) is 49.7 Å². The van der Waals surface area contributed by atoms with E-state index in [-0.39, 0.29) is 39.4 Å². The van der Waals surface area contributed by atoms with Gasteiger partial charge in [0.1, 0.15) is 23.6 Å². The number of fused-ring (bicyclic) bond motifs is 1. The molecule has 0 N–H and O–H groups in total. The molecule has 6 nitrogen and oxygen atoms in total. The fraction of sp³-hybridized carbons (Fsp3) is 0.269. The topological polar surface area (TPSA) is 60.2 Å². The van der Waals surface area contributed by atoms with Gasteiger partial charge in [-0.1, -0.05) is 23.7 Å². The van der Waals surface area contributed by atoms with Crippen LogP contribution in [0.5, 0.6) is 0 Å². The highest BCUT2D eigenvalue weighted by atomic mass is 35.5. The number of hydrogen-bond acceptors (Lipinski definition) is 6. The van der Waals surface area contributed by atoms with Crippen molar-refractivity contribution in [1.82, 2.24) is 14.5 Å².